The molecule has 0 atom stereocenters. The maximum atomic E-state index is 4.39. The Balaban J connectivity index is 2.98. The van der Waals surface area contributed by atoms with E-state index in [4.69, 9.17) is 0 Å². The molecule has 0 aliphatic heterocycles. The molecule has 0 aromatic carbocycles. The summed E-state index contributed by atoms with van der Waals surface area (Å²) < 4.78 is 0. The van der Waals surface area contributed by atoms with E-state index in [2.05, 4.69) is 35.5 Å². The van der Waals surface area contributed by atoms with Gasteiger partial charge in [-0.15, -0.1) is 0 Å². The zero-order chi connectivity index (χ0) is 9.84. The van der Waals surface area contributed by atoms with Crippen LogP contribution in [0.1, 0.15) is 19.5 Å². The molecule has 1 rings (SSSR count). The number of amidine groups is 1. The topological polar surface area (TPSA) is 40.5 Å². The van der Waals surface area contributed by atoms with E-state index in [-0.39, 0.29) is 0 Å². The lowest BCUT2D eigenvalue weighted by Gasteiger charge is -2.02. The summed E-state index contributed by atoms with van der Waals surface area (Å²) in [7, 11) is 0. The molecular weight excluding hydrogens is 162 g/mol. The third kappa shape index (κ3) is 2.28. The Morgan fingerprint density at radius 3 is 2.62 bits per heavy atom. The predicted molar refractivity (Wildman–Crippen MR) is 57.0 cm³/mol. The first-order valence-corrected chi connectivity index (χ1v) is 4.34. The third-order valence-electron chi connectivity index (χ3n) is 1.84. The summed E-state index contributed by atoms with van der Waals surface area (Å²) in [6, 6.07) is 1.93. The normalized spacial score (nSPS) is 12.2. The summed E-state index contributed by atoms with van der Waals surface area (Å²) in [5.41, 5.74) is 2.00. The molecule has 0 aliphatic carbocycles. The number of aryl methyl sites for hydroxylation is 1. The molecule has 3 heteroatoms. The largest absolute Gasteiger partial charge is 0.363 e. The second-order valence-corrected chi connectivity index (χ2v) is 3.27. The maximum absolute atomic E-state index is 4.39. The van der Waals surface area contributed by atoms with Gasteiger partial charge in [0, 0.05) is 17.8 Å². The molecule has 1 N–H and O–H groups in total. The third-order valence-corrected chi connectivity index (χ3v) is 1.84. The van der Waals surface area contributed by atoms with E-state index in [1.807, 2.05) is 19.2 Å². The number of rotatable bonds is 2. The highest BCUT2D eigenvalue weighted by molar-refractivity contribution is 5.90. The van der Waals surface area contributed by atoms with Gasteiger partial charge in [-0.25, -0.2) is 9.98 Å². The van der Waals surface area contributed by atoms with E-state index in [0.717, 1.165) is 17.2 Å². The van der Waals surface area contributed by atoms with Crippen molar-refractivity contribution in [2.75, 3.05) is 0 Å². The van der Waals surface area contributed by atoms with E-state index < -0.39 is 0 Å². The van der Waals surface area contributed by atoms with Gasteiger partial charge in [-0.1, -0.05) is 13.8 Å². The lowest BCUT2D eigenvalue weighted by Crippen LogP contribution is -2.02. The lowest BCUT2D eigenvalue weighted by molar-refractivity contribution is 0.874. The quantitative estimate of drug-likeness (QED) is 0.533. The molecule has 0 aliphatic rings. The highest BCUT2D eigenvalue weighted by Gasteiger charge is 2.03. The van der Waals surface area contributed by atoms with Crippen molar-refractivity contribution in [3.05, 3.63) is 18.0 Å². The first-order chi connectivity index (χ1) is 6.15. The minimum Gasteiger partial charge on any atom is -0.363 e. The molecule has 0 unspecified atom stereocenters. The minimum absolute atomic E-state index is 0.312. The molecule has 1 heterocycles. The van der Waals surface area contributed by atoms with Crippen molar-refractivity contribution >= 4 is 18.2 Å². The molecule has 0 amide bonds. The zero-order valence-electron chi connectivity index (χ0n) is 8.33. The van der Waals surface area contributed by atoms with Gasteiger partial charge >= 0.3 is 0 Å². The van der Waals surface area contributed by atoms with Gasteiger partial charge in [-0.2, -0.15) is 0 Å². The lowest BCUT2D eigenvalue weighted by atomic mass is 10.2. The van der Waals surface area contributed by atoms with Crippen molar-refractivity contribution in [3.8, 4) is 0 Å². The van der Waals surface area contributed by atoms with Crippen LogP contribution in [0.3, 0.4) is 0 Å². The molecule has 70 valence electrons. The van der Waals surface area contributed by atoms with Crippen LogP contribution < -0.4 is 0 Å². The van der Waals surface area contributed by atoms with E-state index in [0.29, 0.717) is 5.92 Å². The molecule has 0 spiro atoms. The average Bonchev–Trinajstić information content (AvgIpc) is 2.46. The van der Waals surface area contributed by atoms with Crippen LogP contribution in [-0.4, -0.2) is 17.5 Å². The Morgan fingerprint density at radius 1 is 1.54 bits per heavy atom. The number of aliphatic imine (C=N–C) groups is 2. The van der Waals surface area contributed by atoms with Gasteiger partial charge in [-0.05, 0) is 19.7 Å². The standard InChI is InChI=1S/C10H15N3/c1-7(2)10(11-4)13-9-5-6-12-8(9)3/h5-7,12H,4H2,1-3H3. The molecule has 13 heavy (non-hydrogen) atoms. The fourth-order valence-electron chi connectivity index (χ4n) is 1.04. The Bertz CT molecular complexity index is 321. The van der Waals surface area contributed by atoms with Crippen molar-refractivity contribution in [2.45, 2.75) is 20.8 Å². The molecule has 3 nitrogen and oxygen atoms in total. The highest BCUT2D eigenvalue weighted by Crippen LogP contribution is 2.17. The first kappa shape index (κ1) is 9.71. The van der Waals surface area contributed by atoms with Crippen LogP contribution in [-0.2, 0) is 0 Å². The van der Waals surface area contributed by atoms with Crippen LogP contribution in [0.5, 0.6) is 0 Å². The molecule has 1 aromatic rings. The number of nitrogens with one attached hydrogen (secondary N) is 1. The van der Waals surface area contributed by atoms with Crippen LogP contribution in [0.2, 0.25) is 0 Å². The second-order valence-electron chi connectivity index (χ2n) is 3.27. The van der Waals surface area contributed by atoms with Crippen LogP contribution in [0, 0.1) is 12.8 Å². The van der Waals surface area contributed by atoms with Crippen LogP contribution >= 0.6 is 0 Å². The number of H-pyrrole nitrogens is 1. The summed E-state index contributed by atoms with van der Waals surface area (Å²) in [6.45, 7) is 9.59. The van der Waals surface area contributed by atoms with Gasteiger partial charge < -0.3 is 4.98 Å². The molecular formula is C10H15N3. The van der Waals surface area contributed by atoms with E-state index >= 15 is 0 Å². The van der Waals surface area contributed by atoms with Gasteiger partial charge in [0.25, 0.3) is 0 Å². The zero-order valence-corrected chi connectivity index (χ0v) is 8.33. The van der Waals surface area contributed by atoms with E-state index in [1.165, 1.54) is 0 Å². The molecule has 1 aromatic heterocycles. The highest BCUT2D eigenvalue weighted by atomic mass is 14.9. The first-order valence-electron chi connectivity index (χ1n) is 4.34. The molecule has 0 saturated carbocycles. The number of aromatic amines is 1. The minimum atomic E-state index is 0.312. The summed E-state index contributed by atoms with van der Waals surface area (Å²) in [5, 5.41) is 0. The average molecular weight is 177 g/mol. The summed E-state index contributed by atoms with van der Waals surface area (Å²) >= 11 is 0. The van der Waals surface area contributed by atoms with Gasteiger partial charge in [0.05, 0.1) is 5.69 Å². The van der Waals surface area contributed by atoms with Gasteiger partial charge in [0.1, 0.15) is 5.84 Å². The van der Waals surface area contributed by atoms with Crippen LogP contribution in [0.25, 0.3) is 0 Å². The number of hydrogen-bond acceptors (Lipinski definition) is 1. The van der Waals surface area contributed by atoms with Crippen molar-refractivity contribution in [3.63, 3.8) is 0 Å². The second kappa shape index (κ2) is 4.03. The molecule has 0 fully saturated rings. The van der Waals surface area contributed by atoms with Crippen LogP contribution in [0.15, 0.2) is 22.2 Å². The Morgan fingerprint density at radius 2 is 2.23 bits per heavy atom. The Labute approximate surface area is 78.6 Å². The molecule has 0 saturated heterocycles. The Kier molecular flexibility index (Phi) is 3.01. The smallest absolute Gasteiger partial charge is 0.130 e. The van der Waals surface area contributed by atoms with Gasteiger partial charge in [0.2, 0.25) is 0 Å². The predicted octanol–water partition coefficient (Wildman–Crippen LogP) is 2.71. The number of nitrogens with zero attached hydrogens (tertiary/aromatic N) is 2. The Hall–Kier alpha value is -1.38. The van der Waals surface area contributed by atoms with Gasteiger partial charge in [-0.3, -0.25) is 0 Å². The number of hydrogen-bond donors (Lipinski definition) is 1. The van der Waals surface area contributed by atoms with E-state index in [1.54, 1.807) is 0 Å². The van der Waals surface area contributed by atoms with Crippen molar-refractivity contribution < 1.29 is 0 Å². The van der Waals surface area contributed by atoms with Crippen molar-refractivity contribution in [1.82, 2.24) is 4.98 Å². The fourth-order valence-corrected chi connectivity index (χ4v) is 1.04. The van der Waals surface area contributed by atoms with Crippen LogP contribution in [0.4, 0.5) is 5.69 Å². The summed E-state index contributed by atoms with van der Waals surface area (Å²) in [5.74, 6) is 1.09. The van der Waals surface area contributed by atoms with E-state index in [9.17, 15) is 0 Å². The van der Waals surface area contributed by atoms with Gasteiger partial charge in [0.15, 0.2) is 0 Å². The molecule has 0 radical (unpaired) electrons. The molecule has 0 bridgehead atoms. The summed E-state index contributed by atoms with van der Waals surface area (Å²) in [4.78, 5) is 11.3. The maximum Gasteiger partial charge on any atom is 0.130 e. The van der Waals surface area contributed by atoms with Crippen molar-refractivity contribution in [1.29, 1.82) is 0 Å². The number of aromatic nitrogens is 1. The SMILES string of the molecule is C=NC(=Nc1cc[nH]c1C)C(C)C. The monoisotopic (exact) mass is 177 g/mol. The van der Waals surface area contributed by atoms with Crippen molar-refractivity contribution in [2.24, 2.45) is 15.9 Å². The fraction of sp³-hybridized carbons (Fsp3) is 0.400. The summed E-state index contributed by atoms with van der Waals surface area (Å²) in [6.07, 6.45) is 1.87.